The lowest BCUT2D eigenvalue weighted by molar-refractivity contribution is 0.414. The lowest BCUT2D eigenvalue weighted by atomic mass is 10.1. The smallest absolute Gasteiger partial charge is 0.261 e. The molecular formula is C27H22N2O2. The Balaban J connectivity index is 1.62. The third kappa shape index (κ3) is 3.68. The van der Waals surface area contributed by atoms with Gasteiger partial charge in [-0.15, -0.1) is 0 Å². The van der Waals surface area contributed by atoms with Gasteiger partial charge < -0.3 is 4.74 Å². The Bertz CT molecular complexity index is 1440. The number of ether oxygens (including phenoxy) is 1. The molecule has 0 aliphatic carbocycles. The molecule has 0 aliphatic heterocycles. The summed E-state index contributed by atoms with van der Waals surface area (Å²) >= 11 is 0. The van der Waals surface area contributed by atoms with Gasteiger partial charge in [-0.3, -0.25) is 9.36 Å². The van der Waals surface area contributed by atoms with Crippen molar-refractivity contribution in [2.75, 3.05) is 7.11 Å². The molecule has 31 heavy (non-hydrogen) atoms. The van der Waals surface area contributed by atoms with E-state index in [0.717, 1.165) is 34.2 Å². The van der Waals surface area contributed by atoms with E-state index in [2.05, 4.69) is 24.3 Å². The number of para-hydroxylation sites is 1. The lowest BCUT2D eigenvalue weighted by Gasteiger charge is -2.14. The minimum Gasteiger partial charge on any atom is -0.497 e. The maximum absolute atomic E-state index is 13.4. The molecule has 0 saturated carbocycles. The molecule has 4 nitrogen and oxygen atoms in total. The molecule has 4 aromatic carbocycles. The van der Waals surface area contributed by atoms with E-state index in [1.54, 1.807) is 11.7 Å². The summed E-state index contributed by atoms with van der Waals surface area (Å²) in [4.78, 5) is 18.3. The van der Waals surface area contributed by atoms with E-state index in [9.17, 15) is 4.79 Å². The molecule has 5 rings (SSSR count). The van der Waals surface area contributed by atoms with Crippen molar-refractivity contribution in [3.63, 3.8) is 0 Å². The van der Waals surface area contributed by atoms with Gasteiger partial charge in [0.15, 0.2) is 0 Å². The van der Waals surface area contributed by atoms with E-state index < -0.39 is 0 Å². The fraction of sp³-hybridized carbons (Fsp3) is 0.111. The Morgan fingerprint density at radius 1 is 0.839 bits per heavy atom. The highest BCUT2D eigenvalue weighted by molar-refractivity contribution is 5.87. The van der Waals surface area contributed by atoms with Crippen molar-refractivity contribution >= 4 is 21.7 Å². The van der Waals surface area contributed by atoms with E-state index >= 15 is 0 Å². The van der Waals surface area contributed by atoms with Gasteiger partial charge in [-0.25, -0.2) is 4.98 Å². The predicted molar refractivity (Wildman–Crippen MR) is 126 cm³/mol. The Hall–Kier alpha value is -3.92. The summed E-state index contributed by atoms with van der Waals surface area (Å²) in [6, 6.07) is 30.0. The first-order chi connectivity index (χ1) is 15.2. The van der Waals surface area contributed by atoms with Crippen LogP contribution in [0.2, 0.25) is 0 Å². The fourth-order valence-electron chi connectivity index (χ4n) is 3.96. The Morgan fingerprint density at radius 3 is 2.39 bits per heavy atom. The molecule has 0 aliphatic rings. The fourth-order valence-corrected chi connectivity index (χ4v) is 3.96. The summed E-state index contributed by atoms with van der Waals surface area (Å²) < 4.78 is 7.05. The van der Waals surface area contributed by atoms with Crippen molar-refractivity contribution in [1.82, 2.24) is 9.55 Å². The molecule has 0 spiro atoms. The third-order valence-electron chi connectivity index (χ3n) is 5.65. The molecule has 5 aromatic rings. The normalized spacial score (nSPS) is 11.1. The zero-order valence-corrected chi connectivity index (χ0v) is 17.3. The topological polar surface area (TPSA) is 44.1 Å². The van der Waals surface area contributed by atoms with Crippen molar-refractivity contribution in [2.45, 2.75) is 13.0 Å². The lowest BCUT2D eigenvalue weighted by Crippen LogP contribution is -2.24. The van der Waals surface area contributed by atoms with Crippen LogP contribution < -0.4 is 10.3 Å². The van der Waals surface area contributed by atoms with Gasteiger partial charge in [0.1, 0.15) is 11.6 Å². The molecule has 0 N–H and O–H groups in total. The highest BCUT2D eigenvalue weighted by atomic mass is 16.5. The van der Waals surface area contributed by atoms with Crippen molar-refractivity contribution < 1.29 is 4.74 Å². The molecule has 4 heteroatoms. The van der Waals surface area contributed by atoms with Gasteiger partial charge in [-0.05, 0) is 53.1 Å². The maximum atomic E-state index is 13.4. The van der Waals surface area contributed by atoms with Crippen molar-refractivity contribution in [3.8, 4) is 17.1 Å². The monoisotopic (exact) mass is 406 g/mol. The largest absolute Gasteiger partial charge is 0.497 e. The van der Waals surface area contributed by atoms with Gasteiger partial charge in [0.2, 0.25) is 0 Å². The van der Waals surface area contributed by atoms with Crippen LogP contribution in [0.1, 0.15) is 5.56 Å². The van der Waals surface area contributed by atoms with Gasteiger partial charge in [-0.1, -0.05) is 60.7 Å². The zero-order valence-electron chi connectivity index (χ0n) is 17.3. The molecule has 0 amide bonds. The maximum Gasteiger partial charge on any atom is 0.261 e. The molecule has 1 heterocycles. The standard InChI is InChI=1S/C27H22N2O2/c1-31-23-14-10-19(11-15-23)16-17-29-26(28-25-9-5-4-8-24(25)27(29)30)22-13-12-20-6-2-3-7-21(20)18-22/h2-15,18H,16-17H2,1H3. The Labute approximate surface area is 180 Å². The predicted octanol–water partition coefficient (Wildman–Crippen LogP) is 5.47. The number of methoxy groups -OCH3 is 1. The first-order valence-corrected chi connectivity index (χ1v) is 10.3. The number of aromatic nitrogens is 2. The number of hydrogen-bond donors (Lipinski definition) is 0. The second kappa shape index (κ2) is 8.07. The van der Waals surface area contributed by atoms with Crippen LogP contribution in [0.3, 0.4) is 0 Å². The summed E-state index contributed by atoms with van der Waals surface area (Å²) in [6.45, 7) is 0.547. The van der Waals surface area contributed by atoms with Crippen LogP contribution in [-0.4, -0.2) is 16.7 Å². The summed E-state index contributed by atoms with van der Waals surface area (Å²) in [5.74, 6) is 1.52. The SMILES string of the molecule is COc1ccc(CCn2c(-c3ccc4ccccc4c3)nc3ccccc3c2=O)cc1. The molecule has 0 radical (unpaired) electrons. The van der Waals surface area contributed by atoms with E-state index in [1.807, 2.05) is 66.7 Å². The van der Waals surface area contributed by atoms with Crippen LogP contribution in [0.5, 0.6) is 5.75 Å². The van der Waals surface area contributed by atoms with Crippen molar-refractivity contribution in [2.24, 2.45) is 0 Å². The number of benzene rings is 4. The molecule has 1 aromatic heterocycles. The number of aryl methyl sites for hydroxylation is 1. The summed E-state index contributed by atoms with van der Waals surface area (Å²) in [5.41, 5.74) is 2.79. The zero-order chi connectivity index (χ0) is 21.2. The minimum absolute atomic E-state index is 0.0118. The van der Waals surface area contributed by atoms with Gasteiger partial charge in [0, 0.05) is 12.1 Å². The van der Waals surface area contributed by atoms with E-state index in [-0.39, 0.29) is 5.56 Å². The number of fused-ring (bicyclic) bond motifs is 2. The second-order valence-corrected chi connectivity index (χ2v) is 7.57. The number of rotatable bonds is 5. The summed E-state index contributed by atoms with van der Waals surface area (Å²) in [5, 5.41) is 2.94. The van der Waals surface area contributed by atoms with Crippen LogP contribution in [0, 0.1) is 0 Å². The summed E-state index contributed by atoms with van der Waals surface area (Å²) in [6.07, 6.45) is 0.727. The van der Waals surface area contributed by atoms with E-state index in [0.29, 0.717) is 17.8 Å². The molecule has 0 bridgehead atoms. The Morgan fingerprint density at radius 2 is 1.58 bits per heavy atom. The first kappa shape index (κ1) is 19.1. The van der Waals surface area contributed by atoms with Crippen LogP contribution in [0.4, 0.5) is 0 Å². The molecule has 0 saturated heterocycles. The van der Waals surface area contributed by atoms with Gasteiger partial charge in [-0.2, -0.15) is 0 Å². The molecular weight excluding hydrogens is 384 g/mol. The molecule has 0 atom stereocenters. The molecule has 0 unspecified atom stereocenters. The third-order valence-corrected chi connectivity index (χ3v) is 5.65. The minimum atomic E-state index is -0.0118. The van der Waals surface area contributed by atoms with Crippen molar-refractivity contribution in [1.29, 1.82) is 0 Å². The molecule has 152 valence electrons. The average Bonchev–Trinajstić information content (AvgIpc) is 2.83. The van der Waals surface area contributed by atoms with Crippen LogP contribution in [0.15, 0.2) is 95.8 Å². The highest BCUT2D eigenvalue weighted by Crippen LogP contribution is 2.24. The first-order valence-electron chi connectivity index (χ1n) is 10.3. The van der Waals surface area contributed by atoms with Crippen LogP contribution in [-0.2, 0) is 13.0 Å². The van der Waals surface area contributed by atoms with E-state index in [1.165, 1.54) is 5.39 Å². The van der Waals surface area contributed by atoms with Gasteiger partial charge in [0.05, 0.1) is 18.0 Å². The van der Waals surface area contributed by atoms with E-state index in [4.69, 9.17) is 9.72 Å². The summed E-state index contributed by atoms with van der Waals surface area (Å²) in [7, 11) is 1.66. The number of hydrogen-bond acceptors (Lipinski definition) is 3. The Kier molecular flexibility index (Phi) is 4.97. The van der Waals surface area contributed by atoms with Crippen molar-refractivity contribution in [3.05, 3.63) is 107 Å². The molecule has 0 fully saturated rings. The highest BCUT2D eigenvalue weighted by Gasteiger charge is 2.13. The van der Waals surface area contributed by atoms with Gasteiger partial charge >= 0.3 is 0 Å². The quantitative estimate of drug-likeness (QED) is 0.389. The van der Waals surface area contributed by atoms with Crippen LogP contribution >= 0.6 is 0 Å². The average molecular weight is 406 g/mol. The number of nitrogens with zero attached hydrogens (tertiary/aromatic N) is 2. The van der Waals surface area contributed by atoms with Crippen LogP contribution in [0.25, 0.3) is 33.1 Å². The second-order valence-electron chi connectivity index (χ2n) is 7.57. The van der Waals surface area contributed by atoms with Gasteiger partial charge in [0.25, 0.3) is 5.56 Å².